The Morgan fingerprint density at radius 1 is 1.19 bits per heavy atom. The molecular weight excluding hydrogens is 204 g/mol. The van der Waals surface area contributed by atoms with Gasteiger partial charge in [-0.1, -0.05) is 0 Å². The van der Waals surface area contributed by atoms with Crippen LogP contribution >= 0.6 is 0 Å². The summed E-state index contributed by atoms with van der Waals surface area (Å²) in [5.74, 6) is 2.11. The fraction of sp³-hybridized carbons (Fsp3) is 0.462. The van der Waals surface area contributed by atoms with Gasteiger partial charge in [-0.15, -0.1) is 0 Å². The normalized spacial score (nSPS) is 14.6. The number of methoxy groups -OCH3 is 2. The lowest BCUT2D eigenvalue weighted by Gasteiger charge is -2.07. The van der Waals surface area contributed by atoms with Gasteiger partial charge in [0, 0.05) is 18.1 Å². The van der Waals surface area contributed by atoms with Crippen molar-refractivity contribution in [2.75, 3.05) is 14.2 Å². The fourth-order valence-corrected chi connectivity index (χ4v) is 1.67. The molecule has 3 heteroatoms. The second-order valence-corrected chi connectivity index (χ2v) is 4.17. The molecule has 0 spiro atoms. The number of carbonyl (C=O) groups is 1. The number of carbonyl (C=O) groups excluding carboxylic acids is 1. The molecule has 1 aromatic carbocycles. The van der Waals surface area contributed by atoms with Crippen LogP contribution in [0.4, 0.5) is 0 Å². The topological polar surface area (TPSA) is 35.5 Å². The lowest BCUT2D eigenvalue weighted by molar-refractivity contribution is 0.0975. The highest BCUT2D eigenvalue weighted by molar-refractivity contribution is 5.97. The maximum Gasteiger partial charge on any atom is 0.163 e. The molecule has 16 heavy (non-hydrogen) atoms. The van der Waals surface area contributed by atoms with Crippen LogP contribution in [0.2, 0.25) is 0 Å². The highest BCUT2D eigenvalue weighted by Gasteiger charge is 2.25. The second kappa shape index (κ2) is 4.56. The van der Waals surface area contributed by atoms with E-state index in [4.69, 9.17) is 9.47 Å². The van der Waals surface area contributed by atoms with Crippen LogP contribution in [0.25, 0.3) is 0 Å². The average molecular weight is 220 g/mol. The number of ketones is 1. The molecule has 2 rings (SSSR count). The van der Waals surface area contributed by atoms with Crippen LogP contribution in [0.5, 0.6) is 11.5 Å². The molecule has 0 atom stereocenters. The summed E-state index contributed by atoms with van der Waals surface area (Å²) in [4.78, 5) is 11.9. The first-order valence-electron chi connectivity index (χ1n) is 5.49. The Balaban J connectivity index is 2.20. The molecule has 0 amide bonds. The third-order valence-corrected chi connectivity index (χ3v) is 2.84. The van der Waals surface area contributed by atoms with E-state index < -0.39 is 0 Å². The highest BCUT2D eigenvalue weighted by Crippen LogP contribution is 2.34. The first kappa shape index (κ1) is 11.0. The molecule has 0 radical (unpaired) electrons. The first-order valence-corrected chi connectivity index (χ1v) is 5.49. The van der Waals surface area contributed by atoms with Gasteiger partial charge in [-0.3, -0.25) is 4.79 Å². The summed E-state index contributed by atoms with van der Waals surface area (Å²) >= 11 is 0. The van der Waals surface area contributed by atoms with Crippen LogP contribution in [0.15, 0.2) is 18.2 Å². The number of Topliss-reactive ketones (excluding diaryl/α,β-unsaturated/α-hetero) is 1. The van der Waals surface area contributed by atoms with Gasteiger partial charge in [0.25, 0.3) is 0 Å². The van der Waals surface area contributed by atoms with Crippen LogP contribution < -0.4 is 9.47 Å². The molecule has 1 aromatic rings. The van der Waals surface area contributed by atoms with Crippen molar-refractivity contribution in [2.45, 2.75) is 19.3 Å². The Bertz CT molecular complexity index is 372. The molecule has 0 aromatic heterocycles. The van der Waals surface area contributed by atoms with Crippen molar-refractivity contribution < 1.29 is 14.3 Å². The third-order valence-electron chi connectivity index (χ3n) is 2.84. The Kier molecular flexibility index (Phi) is 3.13. The van der Waals surface area contributed by atoms with E-state index in [1.165, 1.54) is 12.8 Å². The summed E-state index contributed by atoms with van der Waals surface area (Å²) in [5, 5.41) is 0. The van der Waals surface area contributed by atoms with E-state index in [-0.39, 0.29) is 5.78 Å². The van der Waals surface area contributed by atoms with Crippen molar-refractivity contribution in [1.82, 2.24) is 0 Å². The fourth-order valence-electron chi connectivity index (χ4n) is 1.67. The van der Waals surface area contributed by atoms with Crippen molar-refractivity contribution in [3.05, 3.63) is 23.8 Å². The van der Waals surface area contributed by atoms with E-state index in [0.29, 0.717) is 29.4 Å². The minimum atomic E-state index is 0.180. The summed E-state index contributed by atoms with van der Waals surface area (Å²) in [7, 11) is 3.17. The second-order valence-electron chi connectivity index (χ2n) is 4.17. The standard InChI is InChI=1S/C13H16O3/c1-15-11-6-10(7-12(8-11)16-2)13(14)5-9-3-4-9/h6-9H,3-5H2,1-2H3. The molecule has 86 valence electrons. The van der Waals surface area contributed by atoms with Gasteiger partial charge in [0.2, 0.25) is 0 Å². The quantitative estimate of drug-likeness (QED) is 0.716. The van der Waals surface area contributed by atoms with Crippen molar-refractivity contribution in [1.29, 1.82) is 0 Å². The van der Waals surface area contributed by atoms with Gasteiger partial charge in [-0.25, -0.2) is 0 Å². The maximum absolute atomic E-state index is 11.9. The number of rotatable bonds is 5. The van der Waals surface area contributed by atoms with E-state index in [0.717, 1.165) is 0 Å². The molecular formula is C13H16O3. The number of ether oxygens (including phenoxy) is 2. The number of hydrogen-bond donors (Lipinski definition) is 0. The Morgan fingerprint density at radius 3 is 2.19 bits per heavy atom. The monoisotopic (exact) mass is 220 g/mol. The number of hydrogen-bond acceptors (Lipinski definition) is 3. The van der Waals surface area contributed by atoms with E-state index >= 15 is 0 Å². The van der Waals surface area contributed by atoms with Gasteiger partial charge in [-0.05, 0) is 30.9 Å². The number of benzene rings is 1. The van der Waals surface area contributed by atoms with Crippen LogP contribution in [0, 0.1) is 5.92 Å². The summed E-state index contributed by atoms with van der Waals surface area (Å²) < 4.78 is 10.3. The first-order chi connectivity index (χ1) is 7.72. The minimum absolute atomic E-state index is 0.180. The third kappa shape index (κ3) is 2.54. The molecule has 1 aliphatic carbocycles. The van der Waals surface area contributed by atoms with E-state index in [9.17, 15) is 4.79 Å². The zero-order valence-corrected chi connectivity index (χ0v) is 9.66. The van der Waals surface area contributed by atoms with Crippen molar-refractivity contribution in [2.24, 2.45) is 5.92 Å². The van der Waals surface area contributed by atoms with Gasteiger partial charge in [-0.2, -0.15) is 0 Å². The molecule has 1 fully saturated rings. The molecule has 0 N–H and O–H groups in total. The largest absolute Gasteiger partial charge is 0.497 e. The summed E-state index contributed by atoms with van der Waals surface area (Å²) in [5.41, 5.74) is 0.683. The molecule has 0 saturated heterocycles. The Morgan fingerprint density at radius 2 is 1.75 bits per heavy atom. The molecule has 3 nitrogen and oxygen atoms in total. The van der Waals surface area contributed by atoms with E-state index in [1.54, 1.807) is 32.4 Å². The van der Waals surface area contributed by atoms with E-state index in [2.05, 4.69) is 0 Å². The predicted molar refractivity (Wildman–Crippen MR) is 61.2 cm³/mol. The zero-order chi connectivity index (χ0) is 11.5. The SMILES string of the molecule is COc1cc(OC)cc(C(=O)CC2CC2)c1. The predicted octanol–water partition coefficient (Wildman–Crippen LogP) is 2.69. The maximum atomic E-state index is 11.9. The molecule has 1 saturated carbocycles. The van der Waals surface area contributed by atoms with Gasteiger partial charge < -0.3 is 9.47 Å². The van der Waals surface area contributed by atoms with Gasteiger partial charge in [0.15, 0.2) is 5.78 Å². The Hall–Kier alpha value is -1.51. The minimum Gasteiger partial charge on any atom is -0.497 e. The molecule has 0 unspecified atom stereocenters. The lowest BCUT2D eigenvalue weighted by atomic mass is 10.1. The van der Waals surface area contributed by atoms with Crippen LogP contribution in [0.3, 0.4) is 0 Å². The zero-order valence-electron chi connectivity index (χ0n) is 9.66. The summed E-state index contributed by atoms with van der Waals surface area (Å²) in [6, 6.07) is 5.31. The van der Waals surface area contributed by atoms with Crippen molar-refractivity contribution in [3.63, 3.8) is 0 Å². The molecule has 0 heterocycles. The van der Waals surface area contributed by atoms with Crippen LogP contribution in [-0.4, -0.2) is 20.0 Å². The van der Waals surface area contributed by atoms with Gasteiger partial charge in [0.05, 0.1) is 14.2 Å². The molecule has 1 aliphatic rings. The van der Waals surface area contributed by atoms with Gasteiger partial charge in [0.1, 0.15) is 11.5 Å². The smallest absolute Gasteiger partial charge is 0.163 e. The lowest BCUT2D eigenvalue weighted by Crippen LogP contribution is -2.01. The molecule has 0 bridgehead atoms. The van der Waals surface area contributed by atoms with Gasteiger partial charge >= 0.3 is 0 Å². The average Bonchev–Trinajstić information content (AvgIpc) is 3.12. The Labute approximate surface area is 95.4 Å². The summed E-state index contributed by atoms with van der Waals surface area (Å²) in [6.45, 7) is 0. The van der Waals surface area contributed by atoms with Crippen molar-refractivity contribution >= 4 is 5.78 Å². The van der Waals surface area contributed by atoms with E-state index in [1.807, 2.05) is 0 Å². The highest BCUT2D eigenvalue weighted by atomic mass is 16.5. The van der Waals surface area contributed by atoms with Crippen LogP contribution in [0.1, 0.15) is 29.6 Å². The van der Waals surface area contributed by atoms with Crippen molar-refractivity contribution in [3.8, 4) is 11.5 Å². The molecule has 0 aliphatic heterocycles. The summed E-state index contributed by atoms with van der Waals surface area (Å²) in [6.07, 6.45) is 3.02. The van der Waals surface area contributed by atoms with Crippen LogP contribution in [-0.2, 0) is 0 Å².